The van der Waals surface area contributed by atoms with Gasteiger partial charge < -0.3 is 5.11 Å². The third kappa shape index (κ3) is 2.98. The van der Waals surface area contributed by atoms with Crippen LogP contribution in [0.4, 0.5) is 4.39 Å². The van der Waals surface area contributed by atoms with Gasteiger partial charge in [-0.15, -0.1) is 11.3 Å². The molecule has 96 valence electrons. The lowest BCUT2D eigenvalue weighted by Gasteiger charge is -2.11. The van der Waals surface area contributed by atoms with E-state index in [-0.39, 0.29) is 5.82 Å². The number of thiophene rings is 1. The topological polar surface area (TPSA) is 20.2 Å². The molecular weight excluding hydrogens is 247 g/mol. The standard InChI is InChI=1S/C15H17FOS/c1-3-13-6-7-15(18-13)14(17)9-11-8-12(16)5-4-10(11)2/h4-8,14,17H,3,9H2,1-2H3. The van der Waals surface area contributed by atoms with Crippen molar-refractivity contribution in [3.05, 3.63) is 57.0 Å². The van der Waals surface area contributed by atoms with Crippen LogP contribution in [-0.2, 0) is 12.8 Å². The number of aryl methyl sites for hydroxylation is 2. The molecule has 0 bridgehead atoms. The minimum atomic E-state index is -0.546. The Morgan fingerprint density at radius 2 is 2.06 bits per heavy atom. The number of hydrogen-bond donors (Lipinski definition) is 1. The second-order valence-electron chi connectivity index (χ2n) is 4.45. The number of aliphatic hydroxyl groups is 1. The third-order valence-corrected chi connectivity index (χ3v) is 4.41. The Morgan fingerprint density at radius 3 is 2.72 bits per heavy atom. The van der Waals surface area contributed by atoms with Gasteiger partial charge in [-0.05, 0) is 48.7 Å². The first-order valence-corrected chi connectivity index (χ1v) is 6.93. The van der Waals surface area contributed by atoms with Crippen LogP contribution < -0.4 is 0 Å². The SMILES string of the molecule is CCc1ccc(C(O)Cc2cc(F)ccc2C)s1. The van der Waals surface area contributed by atoms with E-state index in [1.165, 1.54) is 17.0 Å². The molecule has 0 aliphatic heterocycles. The van der Waals surface area contributed by atoms with Gasteiger partial charge in [-0.1, -0.05) is 13.0 Å². The summed E-state index contributed by atoms with van der Waals surface area (Å²) in [6.07, 6.45) is 0.903. The average molecular weight is 264 g/mol. The summed E-state index contributed by atoms with van der Waals surface area (Å²) in [5.41, 5.74) is 1.89. The fraction of sp³-hybridized carbons (Fsp3) is 0.333. The number of benzene rings is 1. The lowest BCUT2D eigenvalue weighted by molar-refractivity contribution is 0.182. The normalized spacial score (nSPS) is 12.7. The van der Waals surface area contributed by atoms with Crippen molar-refractivity contribution in [1.29, 1.82) is 0 Å². The van der Waals surface area contributed by atoms with E-state index in [0.29, 0.717) is 6.42 Å². The monoisotopic (exact) mass is 264 g/mol. The molecule has 2 aromatic rings. The molecule has 0 aliphatic carbocycles. The Hall–Kier alpha value is -1.19. The molecular formula is C15H17FOS. The Balaban J connectivity index is 2.15. The third-order valence-electron chi connectivity index (χ3n) is 3.08. The molecule has 0 saturated heterocycles. The molecule has 0 amide bonds. The smallest absolute Gasteiger partial charge is 0.123 e. The Labute approximate surface area is 111 Å². The molecule has 18 heavy (non-hydrogen) atoms. The van der Waals surface area contributed by atoms with E-state index < -0.39 is 6.10 Å². The van der Waals surface area contributed by atoms with Crippen molar-refractivity contribution < 1.29 is 9.50 Å². The first-order valence-electron chi connectivity index (χ1n) is 6.12. The number of hydrogen-bond acceptors (Lipinski definition) is 2. The molecule has 0 aliphatic rings. The van der Waals surface area contributed by atoms with E-state index >= 15 is 0 Å². The molecule has 0 spiro atoms. The minimum Gasteiger partial charge on any atom is -0.387 e. The van der Waals surface area contributed by atoms with E-state index in [1.54, 1.807) is 17.4 Å². The minimum absolute atomic E-state index is 0.247. The highest BCUT2D eigenvalue weighted by atomic mass is 32.1. The first kappa shape index (κ1) is 13.2. The molecule has 3 heteroatoms. The fourth-order valence-corrected chi connectivity index (χ4v) is 2.87. The average Bonchev–Trinajstić information content (AvgIpc) is 2.82. The number of rotatable bonds is 4. The Kier molecular flexibility index (Phi) is 4.15. The predicted molar refractivity (Wildman–Crippen MR) is 73.5 cm³/mol. The molecule has 1 heterocycles. The summed E-state index contributed by atoms with van der Waals surface area (Å²) < 4.78 is 13.2. The van der Waals surface area contributed by atoms with Crippen LogP contribution in [0, 0.1) is 12.7 Å². The van der Waals surface area contributed by atoms with E-state index in [4.69, 9.17) is 0 Å². The second-order valence-corrected chi connectivity index (χ2v) is 5.65. The lowest BCUT2D eigenvalue weighted by atomic mass is 10.0. The van der Waals surface area contributed by atoms with Crippen LogP contribution in [0.1, 0.15) is 33.9 Å². The largest absolute Gasteiger partial charge is 0.387 e. The molecule has 1 nitrogen and oxygen atoms in total. The summed E-state index contributed by atoms with van der Waals surface area (Å²) in [7, 11) is 0. The van der Waals surface area contributed by atoms with Gasteiger partial charge in [-0.2, -0.15) is 0 Å². The Morgan fingerprint density at radius 1 is 1.28 bits per heavy atom. The second kappa shape index (κ2) is 5.63. The van der Waals surface area contributed by atoms with Gasteiger partial charge in [0.15, 0.2) is 0 Å². The van der Waals surface area contributed by atoms with E-state index in [1.807, 2.05) is 19.1 Å². The highest BCUT2D eigenvalue weighted by molar-refractivity contribution is 7.12. The van der Waals surface area contributed by atoms with Gasteiger partial charge in [-0.25, -0.2) is 4.39 Å². The molecule has 0 radical (unpaired) electrons. The first-order chi connectivity index (χ1) is 8.60. The highest BCUT2D eigenvalue weighted by Crippen LogP contribution is 2.27. The van der Waals surface area contributed by atoms with Crippen molar-refractivity contribution in [1.82, 2.24) is 0 Å². The molecule has 1 aromatic carbocycles. The van der Waals surface area contributed by atoms with Crippen molar-refractivity contribution in [2.45, 2.75) is 32.8 Å². The van der Waals surface area contributed by atoms with Crippen molar-refractivity contribution in [2.24, 2.45) is 0 Å². The van der Waals surface area contributed by atoms with Crippen LogP contribution in [0.25, 0.3) is 0 Å². The summed E-state index contributed by atoms with van der Waals surface area (Å²) in [6, 6.07) is 8.71. The van der Waals surface area contributed by atoms with Crippen LogP contribution in [0.15, 0.2) is 30.3 Å². The van der Waals surface area contributed by atoms with Gasteiger partial charge in [0.25, 0.3) is 0 Å². The van der Waals surface area contributed by atoms with Gasteiger partial charge in [-0.3, -0.25) is 0 Å². The van der Waals surface area contributed by atoms with Gasteiger partial charge in [0, 0.05) is 16.2 Å². The molecule has 0 fully saturated rings. The Bertz CT molecular complexity index is 533. The number of aliphatic hydroxyl groups excluding tert-OH is 1. The molecule has 1 unspecified atom stereocenters. The van der Waals surface area contributed by atoms with Crippen molar-refractivity contribution in [3.63, 3.8) is 0 Å². The summed E-state index contributed by atoms with van der Waals surface area (Å²) in [5, 5.41) is 10.2. The quantitative estimate of drug-likeness (QED) is 0.883. The van der Waals surface area contributed by atoms with E-state index in [9.17, 15) is 9.50 Å². The lowest BCUT2D eigenvalue weighted by Crippen LogP contribution is -2.01. The van der Waals surface area contributed by atoms with Crippen LogP contribution in [0.2, 0.25) is 0 Å². The molecule has 1 N–H and O–H groups in total. The van der Waals surface area contributed by atoms with E-state index in [2.05, 4.69) is 6.92 Å². The summed E-state index contributed by atoms with van der Waals surface area (Å²) in [6.45, 7) is 4.03. The maximum atomic E-state index is 13.2. The summed E-state index contributed by atoms with van der Waals surface area (Å²) in [5.74, 6) is -0.247. The molecule has 2 rings (SSSR count). The molecule has 0 saturated carbocycles. The van der Waals surface area contributed by atoms with Gasteiger partial charge in [0.1, 0.15) is 5.82 Å². The van der Waals surface area contributed by atoms with Gasteiger partial charge >= 0.3 is 0 Å². The summed E-state index contributed by atoms with van der Waals surface area (Å²) >= 11 is 1.63. The maximum absolute atomic E-state index is 13.2. The molecule has 1 atom stereocenters. The van der Waals surface area contributed by atoms with Crippen LogP contribution in [-0.4, -0.2) is 5.11 Å². The highest BCUT2D eigenvalue weighted by Gasteiger charge is 2.13. The zero-order valence-electron chi connectivity index (χ0n) is 10.6. The fourth-order valence-electron chi connectivity index (χ4n) is 1.93. The summed E-state index contributed by atoms with van der Waals surface area (Å²) in [4.78, 5) is 2.22. The van der Waals surface area contributed by atoms with Crippen molar-refractivity contribution in [2.75, 3.05) is 0 Å². The number of halogens is 1. The predicted octanol–water partition coefficient (Wildman–Crippen LogP) is 4.03. The van der Waals surface area contributed by atoms with E-state index in [0.717, 1.165) is 22.4 Å². The van der Waals surface area contributed by atoms with Crippen molar-refractivity contribution >= 4 is 11.3 Å². The van der Waals surface area contributed by atoms with Crippen molar-refractivity contribution in [3.8, 4) is 0 Å². The van der Waals surface area contributed by atoms with Gasteiger partial charge in [0.05, 0.1) is 6.10 Å². The zero-order chi connectivity index (χ0) is 13.1. The van der Waals surface area contributed by atoms with Gasteiger partial charge in [0.2, 0.25) is 0 Å². The van der Waals surface area contributed by atoms with Crippen LogP contribution in [0.5, 0.6) is 0 Å². The van der Waals surface area contributed by atoms with Crippen LogP contribution >= 0.6 is 11.3 Å². The molecule has 1 aromatic heterocycles. The zero-order valence-corrected chi connectivity index (χ0v) is 11.4. The van der Waals surface area contributed by atoms with Crippen LogP contribution in [0.3, 0.4) is 0 Å². The maximum Gasteiger partial charge on any atom is 0.123 e.